The Balaban J connectivity index is 1.40. The molecular formula is C25H19F3N2O4S. The lowest BCUT2D eigenvalue weighted by molar-refractivity contribution is -0.137. The number of thioether (sulfide) groups is 1. The fourth-order valence-corrected chi connectivity index (χ4v) is 5.29. The normalized spacial score (nSPS) is 17.1. The predicted molar refractivity (Wildman–Crippen MR) is 125 cm³/mol. The molecular weight excluding hydrogens is 481 g/mol. The Morgan fingerprint density at radius 1 is 1.03 bits per heavy atom. The number of para-hydroxylation sites is 2. The van der Waals surface area contributed by atoms with Crippen molar-refractivity contribution >= 4 is 35.0 Å². The summed E-state index contributed by atoms with van der Waals surface area (Å²) < 4.78 is 50.8. The van der Waals surface area contributed by atoms with E-state index in [0.29, 0.717) is 17.2 Å². The van der Waals surface area contributed by atoms with Crippen LogP contribution in [0.2, 0.25) is 0 Å². The van der Waals surface area contributed by atoms with Gasteiger partial charge in [-0.3, -0.25) is 9.59 Å². The third kappa shape index (κ3) is 4.79. The summed E-state index contributed by atoms with van der Waals surface area (Å²) in [5, 5.41) is 2.06. The van der Waals surface area contributed by atoms with Crippen LogP contribution in [-0.4, -0.2) is 25.2 Å². The number of carbonyl (C=O) groups is 2. The number of carbonyl (C=O) groups excluding carboxylic acids is 2. The van der Waals surface area contributed by atoms with Gasteiger partial charge in [-0.25, -0.2) is 0 Å². The van der Waals surface area contributed by atoms with Gasteiger partial charge in [0, 0.05) is 16.6 Å². The smallest absolute Gasteiger partial charge is 0.418 e. The summed E-state index contributed by atoms with van der Waals surface area (Å²) in [5.41, 5.74) is 0.0975. The topological polar surface area (TPSA) is 67.9 Å². The van der Waals surface area contributed by atoms with E-state index in [2.05, 4.69) is 5.32 Å². The number of hydrogen-bond acceptors (Lipinski definition) is 5. The lowest BCUT2D eigenvalue weighted by atomic mass is 10.1. The van der Waals surface area contributed by atoms with E-state index in [9.17, 15) is 22.8 Å². The number of rotatable bonds is 4. The fourth-order valence-electron chi connectivity index (χ4n) is 4.02. The zero-order valence-corrected chi connectivity index (χ0v) is 19.0. The molecule has 2 heterocycles. The first kappa shape index (κ1) is 23.1. The minimum atomic E-state index is -4.62. The molecule has 0 aliphatic carbocycles. The maximum absolute atomic E-state index is 13.3. The predicted octanol–water partition coefficient (Wildman–Crippen LogP) is 5.64. The van der Waals surface area contributed by atoms with Crippen molar-refractivity contribution in [2.45, 2.75) is 22.7 Å². The summed E-state index contributed by atoms with van der Waals surface area (Å²) in [6.45, 7) is -0.283. The summed E-state index contributed by atoms with van der Waals surface area (Å²) in [5.74, 6) is 0.199. The summed E-state index contributed by atoms with van der Waals surface area (Å²) in [6, 6.07) is 17.4. The molecule has 1 unspecified atom stereocenters. The molecule has 1 N–H and O–H groups in total. The van der Waals surface area contributed by atoms with E-state index < -0.39 is 24.2 Å². The van der Waals surface area contributed by atoms with E-state index in [1.165, 1.54) is 34.9 Å². The van der Waals surface area contributed by atoms with Crippen molar-refractivity contribution in [3.63, 3.8) is 0 Å². The molecule has 180 valence electrons. The van der Waals surface area contributed by atoms with Gasteiger partial charge in [0.15, 0.2) is 11.5 Å². The van der Waals surface area contributed by atoms with Crippen LogP contribution in [0.15, 0.2) is 71.6 Å². The summed E-state index contributed by atoms with van der Waals surface area (Å²) in [6.07, 6.45) is -4.53. The second-order valence-electron chi connectivity index (χ2n) is 7.96. The molecule has 0 radical (unpaired) electrons. The SMILES string of the molecule is O=C(CN1C(=O)CC(c2ccc3c(c2)OCO3)Sc2ccccc21)Nc1ccccc1C(F)(F)F. The molecule has 6 nitrogen and oxygen atoms in total. The Bertz CT molecular complexity index is 1300. The number of halogens is 3. The molecule has 5 rings (SSSR count). The first-order valence-corrected chi connectivity index (χ1v) is 11.6. The van der Waals surface area contributed by atoms with Gasteiger partial charge in [0.05, 0.1) is 16.9 Å². The minimum absolute atomic E-state index is 0.0887. The van der Waals surface area contributed by atoms with Gasteiger partial charge in [0.2, 0.25) is 18.6 Å². The molecule has 0 saturated carbocycles. The summed E-state index contributed by atoms with van der Waals surface area (Å²) >= 11 is 1.48. The van der Waals surface area contributed by atoms with Crippen molar-refractivity contribution in [1.29, 1.82) is 0 Å². The van der Waals surface area contributed by atoms with Crippen molar-refractivity contribution in [3.8, 4) is 11.5 Å². The maximum atomic E-state index is 13.3. The fraction of sp³-hybridized carbons (Fsp3) is 0.200. The highest BCUT2D eigenvalue weighted by atomic mass is 32.2. The Hall–Kier alpha value is -3.66. The van der Waals surface area contributed by atoms with Crippen LogP contribution in [0.4, 0.5) is 24.5 Å². The zero-order chi connectivity index (χ0) is 24.6. The highest BCUT2D eigenvalue weighted by molar-refractivity contribution is 7.99. The second kappa shape index (κ2) is 9.18. The third-order valence-electron chi connectivity index (χ3n) is 5.66. The van der Waals surface area contributed by atoms with Crippen LogP contribution in [0.5, 0.6) is 11.5 Å². The van der Waals surface area contributed by atoms with Gasteiger partial charge in [0.1, 0.15) is 6.54 Å². The van der Waals surface area contributed by atoms with Crippen molar-refractivity contribution in [2.75, 3.05) is 23.6 Å². The van der Waals surface area contributed by atoms with E-state index in [4.69, 9.17) is 9.47 Å². The zero-order valence-electron chi connectivity index (χ0n) is 18.2. The second-order valence-corrected chi connectivity index (χ2v) is 9.21. The maximum Gasteiger partial charge on any atom is 0.418 e. The van der Waals surface area contributed by atoms with E-state index in [1.54, 1.807) is 18.2 Å². The van der Waals surface area contributed by atoms with Gasteiger partial charge in [-0.2, -0.15) is 13.2 Å². The molecule has 3 aromatic rings. The molecule has 0 fully saturated rings. The number of ether oxygens (including phenoxy) is 2. The molecule has 2 amide bonds. The molecule has 3 aromatic carbocycles. The van der Waals surface area contributed by atoms with Crippen LogP contribution in [0, 0.1) is 0 Å². The Morgan fingerprint density at radius 3 is 2.60 bits per heavy atom. The number of amides is 2. The van der Waals surface area contributed by atoms with E-state index in [-0.39, 0.29) is 30.1 Å². The van der Waals surface area contributed by atoms with Gasteiger partial charge in [0.25, 0.3) is 0 Å². The number of fused-ring (bicyclic) bond motifs is 2. The van der Waals surface area contributed by atoms with Gasteiger partial charge in [-0.05, 0) is 42.0 Å². The van der Waals surface area contributed by atoms with Crippen molar-refractivity contribution in [2.24, 2.45) is 0 Å². The van der Waals surface area contributed by atoms with Crippen LogP contribution < -0.4 is 19.7 Å². The van der Waals surface area contributed by atoms with Crippen LogP contribution >= 0.6 is 11.8 Å². The number of nitrogens with one attached hydrogen (secondary N) is 1. The molecule has 10 heteroatoms. The average Bonchev–Trinajstić information content (AvgIpc) is 3.25. The molecule has 2 aliphatic heterocycles. The van der Waals surface area contributed by atoms with Crippen molar-refractivity contribution in [3.05, 3.63) is 77.9 Å². The number of nitrogens with zero attached hydrogens (tertiary/aromatic N) is 1. The van der Waals surface area contributed by atoms with Crippen LogP contribution in [0.1, 0.15) is 22.8 Å². The van der Waals surface area contributed by atoms with E-state index in [0.717, 1.165) is 16.5 Å². The van der Waals surface area contributed by atoms with Crippen LogP contribution in [0.25, 0.3) is 0 Å². The van der Waals surface area contributed by atoms with E-state index in [1.807, 2.05) is 24.3 Å². The molecule has 2 aliphatic rings. The molecule has 0 aromatic heterocycles. The highest BCUT2D eigenvalue weighted by Crippen LogP contribution is 2.47. The lowest BCUT2D eigenvalue weighted by Gasteiger charge is -2.22. The Morgan fingerprint density at radius 2 is 1.77 bits per heavy atom. The molecule has 0 spiro atoms. The highest BCUT2D eigenvalue weighted by Gasteiger charge is 2.35. The third-order valence-corrected chi connectivity index (χ3v) is 6.99. The molecule has 1 atom stereocenters. The number of benzene rings is 3. The van der Waals surface area contributed by atoms with Gasteiger partial charge < -0.3 is 19.7 Å². The molecule has 35 heavy (non-hydrogen) atoms. The van der Waals surface area contributed by atoms with Crippen molar-refractivity contribution in [1.82, 2.24) is 0 Å². The first-order chi connectivity index (χ1) is 16.8. The standard InChI is InChI=1S/C25H19F3N2O4S/c26-25(27,28)16-5-1-2-6-17(16)29-23(31)13-30-18-7-3-4-8-21(18)35-22(12-24(30)32)15-9-10-19-20(11-15)34-14-33-19/h1-11,22H,12-14H2,(H,29,31). The molecule has 0 bridgehead atoms. The first-order valence-electron chi connectivity index (χ1n) is 10.7. The molecule has 0 saturated heterocycles. The van der Waals surface area contributed by atoms with Crippen LogP contribution in [-0.2, 0) is 15.8 Å². The minimum Gasteiger partial charge on any atom is -0.454 e. The Labute approximate surface area is 203 Å². The van der Waals surface area contributed by atoms with Crippen molar-refractivity contribution < 1.29 is 32.2 Å². The number of alkyl halides is 3. The average molecular weight is 500 g/mol. The quantitative estimate of drug-likeness (QED) is 0.502. The van der Waals surface area contributed by atoms with Gasteiger partial charge in [-0.15, -0.1) is 11.8 Å². The Kier molecular flexibility index (Phi) is 6.06. The van der Waals surface area contributed by atoms with Gasteiger partial charge in [-0.1, -0.05) is 30.3 Å². The van der Waals surface area contributed by atoms with Gasteiger partial charge >= 0.3 is 6.18 Å². The number of hydrogen-bond donors (Lipinski definition) is 1. The van der Waals surface area contributed by atoms with Crippen LogP contribution in [0.3, 0.4) is 0 Å². The van der Waals surface area contributed by atoms with E-state index >= 15 is 0 Å². The number of anilines is 2. The lowest BCUT2D eigenvalue weighted by Crippen LogP contribution is -2.38. The summed E-state index contributed by atoms with van der Waals surface area (Å²) in [4.78, 5) is 28.2. The largest absolute Gasteiger partial charge is 0.454 e. The summed E-state index contributed by atoms with van der Waals surface area (Å²) in [7, 11) is 0. The monoisotopic (exact) mass is 500 g/mol.